The third kappa shape index (κ3) is 4.20. The Hall–Kier alpha value is -1.45. The number of carboxylic acids is 1. The first-order valence-electron chi connectivity index (χ1n) is 3.92. The number of carboxylic acid groups (broad SMARTS) is 1. The Bertz CT molecular complexity index is 230. The normalized spacial score (nSPS) is 13.5. The maximum absolute atomic E-state index is 10.5. The highest BCUT2D eigenvalue weighted by Crippen LogP contribution is 2.16. The monoisotopic (exact) mass is 184 g/mol. The van der Waals surface area contributed by atoms with E-state index < -0.39 is 11.9 Å². The Balaban J connectivity index is 4.47. The van der Waals surface area contributed by atoms with Gasteiger partial charge in [0.05, 0.1) is 6.42 Å². The molecule has 4 nitrogen and oxygen atoms in total. The van der Waals surface area contributed by atoms with E-state index in [4.69, 9.17) is 5.11 Å². The van der Waals surface area contributed by atoms with Crippen LogP contribution >= 0.6 is 0 Å². The molecule has 4 heteroatoms. The predicted octanol–water partition coefficient (Wildman–Crippen LogP) is 0.811. The van der Waals surface area contributed by atoms with E-state index in [1.165, 1.54) is 6.08 Å². The number of rotatable bonds is 6. The van der Waals surface area contributed by atoms with Gasteiger partial charge in [-0.25, -0.2) is 0 Å². The summed E-state index contributed by atoms with van der Waals surface area (Å²) >= 11 is 0. The van der Waals surface area contributed by atoms with Gasteiger partial charge in [0.2, 0.25) is 0 Å². The summed E-state index contributed by atoms with van der Waals surface area (Å²) in [7, 11) is 0. The topological polar surface area (TPSA) is 71.4 Å². The van der Waals surface area contributed by atoms with Crippen molar-refractivity contribution in [1.82, 2.24) is 0 Å². The van der Waals surface area contributed by atoms with Crippen molar-refractivity contribution in [3.8, 4) is 0 Å². The Kier molecular flexibility index (Phi) is 5.43. The van der Waals surface area contributed by atoms with Gasteiger partial charge in [0.1, 0.15) is 12.6 Å². The second-order valence-corrected chi connectivity index (χ2v) is 2.60. The van der Waals surface area contributed by atoms with Gasteiger partial charge in [0.25, 0.3) is 0 Å². The first kappa shape index (κ1) is 11.6. The van der Waals surface area contributed by atoms with Crippen molar-refractivity contribution in [3.05, 3.63) is 11.6 Å². The third-order valence-corrected chi connectivity index (χ3v) is 1.74. The van der Waals surface area contributed by atoms with Gasteiger partial charge in [0, 0.05) is 12.3 Å². The number of allylic oxidation sites excluding steroid dienone is 2. The molecule has 0 aromatic heterocycles. The summed E-state index contributed by atoms with van der Waals surface area (Å²) in [6.07, 6.45) is 2.64. The third-order valence-electron chi connectivity index (χ3n) is 1.74. The Morgan fingerprint density at radius 3 is 2.38 bits per heavy atom. The largest absolute Gasteiger partial charge is 0.481 e. The Morgan fingerprint density at radius 2 is 2.08 bits per heavy atom. The van der Waals surface area contributed by atoms with Gasteiger partial charge < -0.3 is 9.90 Å². The summed E-state index contributed by atoms with van der Waals surface area (Å²) in [6, 6.07) is 0. The molecule has 0 aliphatic heterocycles. The summed E-state index contributed by atoms with van der Waals surface area (Å²) in [5, 5.41) is 8.49. The van der Waals surface area contributed by atoms with E-state index in [1.54, 1.807) is 6.92 Å². The lowest BCUT2D eigenvalue weighted by Crippen LogP contribution is -2.12. The van der Waals surface area contributed by atoms with Crippen molar-refractivity contribution in [2.24, 2.45) is 5.92 Å². The zero-order chi connectivity index (χ0) is 10.3. The average molecular weight is 184 g/mol. The summed E-state index contributed by atoms with van der Waals surface area (Å²) in [5.74, 6) is -1.49. The van der Waals surface area contributed by atoms with Gasteiger partial charge in [-0.2, -0.15) is 0 Å². The summed E-state index contributed by atoms with van der Waals surface area (Å²) < 4.78 is 0. The Labute approximate surface area is 76.2 Å². The molecule has 13 heavy (non-hydrogen) atoms. The highest BCUT2D eigenvalue weighted by molar-refractivity contribution is 5.77. The lowest BCUT2D eigenvalue weighted by Gasteiger charge is -2.10. The van der Waals surface area contributed by atoms with Crippen LogP contribution in [-0.4, -0.2) is 23.6 Å². The quantitative estimate of drug-likeness (QED) is 0.489. The lowest BCUT2D eigenvalue weighted by molar-refractivity contribution is -0.137. The molecule has 0 heterocycles. The highest BCUT2D eigenvalue weighted by Gasteiger charge is 2.16. The molecule has 0 aliphatic rings. The van der Waals surface area contributed by atoms with E-state index in [-0.39, 0.29) is 12.8 Å². The molecule has 0 bridgehead atoms. The van der Waals surface area contributed by atoms with Crippen molar-refractivity contribution in [2.75, 3.05) is 0 Å². The fourth-order valence-electron chi connectivity index (χ4n) is 1.06. The van der Waals surface area contributed by atoms with E-state index in [0.717, 1.165) is 0 Å². The molecule has 0 rings (SSSR count). The molecular weight excluding hydrogens is 172 g/mol. The summed E-state index contributed by atoms with van der Waals surface area (Å²) in [5.41, 5.74) is 0.370. The minimum absolute atomic E-state index is 0.0741. The molecule has 1 unspecified atom stereocenters. The number of aldehydes is 2. The number of hydrogen-bond acceptors (Lipinski definition) is 3. The smallest absolute Gasteiger partial charge is 0.303 e. The molecule has 0 saturated heterocycles. The second kappa shape index (κ2) is 6.11. The van der Waals surface area contributed by atoms with Crippen LogP contribution in [0.2, 0.25) is 0 Å². The number of carbonyl (C=O) groups excluding carboxylic acids is 2. The molecule has 0 radical (unpaired) electrons. The van der Waals surface area contributed by atoms with Gasteiger partial charge in [0.15, 0.2) is 0 Å². The molecule has 0 aromatic carbocycles. The van der Waals surface area contributed by atoms with E-state index in [2.05, 4.69) is 0 Å². The molecule has 0 saturated carbocycles. The van der Waals surface area contributed by atoms with Crippen LogP contribution in [0.5, 0.6) is 0 Å². The number of hydrogen-bond donors (Lipinski definition) is 1. The van der Waals surface area contributed by atoms with E-state index in [0.29, 0.717) is 18.1 Å². The zero-order valence-electron chi connectivity index (χ0n) is 7.40. The molecule has 0 fully saturated rings. The van der Waals surface area contributed by atoms with E-state index in [1.807, 2.05) is 0 Å². The van der Waals surface area contributed by atoms with E-state index in [9.17, 15) is 14.4 Å². The molecule has 1 N–H and O–H groups in total. The van der Waals surface area contributed by atoms with Crippen LogP contribution in [0.15, 0.2) is 11.6 Å². The van der Waals surface area contributed by atoms with Crippen LogP contribution in [0.3, 0.4) is 0 Å². The van der Waals surface area contributed by atoms with Crippen LogP contribution in [0.4, 0.5) is 0 Å². The molecule has 1 atom stereocenters. The van der Waals surface area contributed by atoms with Crippen molar-refractivity contribution < 1.29 is 19.5 Å². The first-order valence-corrected chi connectivity index (χ1v) is 3.92. The first-order chi connectivity index (χ1) is 6.15. The van der Waals surface area contributed by atoms with Crippen molar-refractivity contribution in [2.45, 2.75) is 19.8 Å². The standard InChI is InChI=1S/C9H12O4/c1-2-7(6-11)8(3-4-10)5-9(12)13/h2,4,6,8H,3,5H2,1H3,(H,12,13)/b7-2-. The second-order valence-electron chi connectivity index (χ2n) is 2.60. The average Bonchev–Trinajstić information content (AvgIpc) is 2.05. The van der Waals surface area contributed by atoms with Gasteiger partial charge in [-0.15, -0.1) is 0 Å². The summed E-state index contributed by atoms with van der Waals surface area (Å²) in [4.78, 5) is 31.0. The molecule has 0 spiro atoms. The maximum Gasteiger partial charge on any atom is 0.303 e. The molecule has 0 aromatic rings. The molecule has 72 valence electrons. The minimum Gasteiger partial charge on any atom is -0.481 e. The zero-order valence-corrected chi connectivity index (χ0v) is 7.40. The predicted molar refractivity (Wildman–Crippen MR) is 46.2 cm³/mol. The van der Waals surface area contributed by atoms with Crippen molar-refractivity contribution in [3.63, 3.8) is 0 Å². The Morgan fingerprint density at radius 1 is 1.46 bits per heavy atom. The van der Waals surface area contributed by atoms with Gasteiger partial charge in [-0.1, -0.05) is 6.08 Å². The fourth-order valence-corrected chi connectivity index (χ4v) is 1.06. The fraction of sp³-hybridized carbons (Fsp3) is 0.444. The maximum atomic E-state index is 10.5. The van der Waals surface area contributed by atoms with Crippen LogP contribution in [-0.2, 0) is 14.4 Å². The van der Waals surface area contributed by atoms with Crippen molar-refractivity contribution in [1.29, 1.82) is 0 Å². The van der Waals surface area contributed by atoms with Gasteiger partial charge in [-0.05, 0) is 12.5 Å². The summed E-state index contributed by atoms with van der Waals surface area (Å²) in [6.45, 7) is 1.64. The van der Waals surface area contributed by atoms with Gasteiger partial charge in [-0.3, -0.25) is 9.59 Å². The van der Waals surface area contributed by atoms with Crippen LogP contribution < -0.4 is 0 Å². The van der Waals surface area contributed by atoms with E-state index >= 15 is 0 Å². The number of aliphatic carboxylic acids is 1. The van der Waals surface area contributed by atoms with Gasteiger partial charge >= 0.3 is 5.97 Å². The van der Waals surface area contributed by atoms with Crippen LogP contribution in [0, 0.1) is 5.92 Å². The minimum atomic E-state index is -1.01. The number of carbonyl (C=O) groups is 3. The van der Waals surface area contributed by atoms with Crippen molar-refractivity contribution >= 4 is 18.5 Å². The lowest BCUT2D eigenvalue weighted by atomic mass is 9.93. The SMILES string of the molecule is C/C=C(/C=O)C(CC=O)CC(=O)O. The molecule has 0 aliphatic carbocycles. The molecule has 0 amide bonds. The molecular formula is C9H12O4. The highest BCUT2D eigenvalue weighted by atomic mass is 16.4. The van der Waals surface area contributed by atoms with Crippen LogP contribution in [0.25, 0.3) is 0 Å². The van der Waals surface area contributed by atoms with Crippen LogP contribution in [0.1, 0.15) is 19.8 Å².